The molecule has 0 bridgehead atoms. The molecule has 37 heavy (non-hydrogen) atoms. The summed E-state index contributed by atoms with van der Waals surface area (Å²) < 4.78 is 0. The van der Waals surface area contributed by atoms with Crippen LogP contribution >= 0.6 is 50.5 Å². The van der Waals surface area contributed by atoms with Crippen LogP contribution < -0.4 is 0 Å². The van der Waals surface area contributed by atoms with Crippen LogP contribution in [0.5, 0.6) is 0 Å². The average Bonchev–Trinajstić information content (AvgIpc) is 2.85. The average molecular weight is 615 g/mol. The first-order valence-corrected chi connectivity index (χ1v) is 14.1. The lowest BCUT2D eigenvalue weighted by Gasteiger charge is -2.03. The summed E-state index contributed by atoms with van der Waals surface area (Å²) in [6, 6.07) is 0. The quantitative estimate of drug-likeness (QED) is 0.0847. The first-order valence-electron chi connectivity index (χ1n) is 11.6. The zero-order valence-corrected chi connectivity index (χ0v) is 24.7. The van der Waals surface area contributed by atoms with Gasteiger partial charge < -0.3 is 35.7 Å². The number of unbranched alkanes of at least 4 members (excludes halogenated alkanes) is 1. The largest absolute Gasteiger partial charge is 0.481 e. The second-order valence-electron chi connectivity index (χ2n) is 6.94. The van der Waals surface area contributed by atoms with E-state index in [-0.39, 0.29) is 38.9 Å². The lowest BCUT2D eigenvalue weighted by Crippen LogP contribution is -2.11. The maximum Gasteiger partial charge on any atom is 0.303 e. The maximum absolute atomic E-state index is 9.72. The number of aliphatic hydroxyl groups is 3. The van der Waals surface area contributed by atoms with Gasteiger partial charge in [0.2, 0.25) is 0 Å². The summed E-state index contributed by atoms with van der Waals surface area (Å²) in [5.41, 5.74) is 0. The van der Waals surface area contributed by atoms with Gasteiger partial charge in [-0.3, -0.25) is 19.2 Å². The maximum atomic E-state index is 9.72. The Morgan fingerprint density at radius 3 is 0.919 bits per heavy atom. The first kappa shape index (κ1) is 46.0. The molecule has 11 nitrogen and oxygen atoms in total. The van der Waals surface area contributed by atoms with Crippen LogP contribution in [0.3, 0.4) is 0 Å². The number of carboxylic acid groups (broad SMARTS) is 4. The van der Waals surface area contributed by atoms with Gasteiger partial charge in [-0.25, -0.2) is 0 Å². The molecule has 1 unspecified atom stereocenters. The van der Waals surface area contributed by atoms with Crippen molar-refractivity contribution in [1.82, 2.24) is 0 Å². The van der Waals surface area contributed by atoms with Crippen LogP contribution in [0.4, 0.5) is 0 Å². The van der Waals surface area contributed by atoms with E-state index in [2.05, 4.69) is 50.5 Å². The van der Waals surface area contributed by atoms with E-state index >= 15 is 0 Å². The molecule has 0 aliphatic rings. The Morgan fingerprint density at radius 2 is 0.784 bits per heavy atom. The van der Waals surface area contributed by atoms with E-state index in [4.69, 9.17) is 35.7 Å². The predicted molar refractivity (Wildman–Crippen MR) is 157 cm³/mol. The molecule has 0 saturated heterocycles. The minimum absolute atomic E-state index is 0.165. The number of aliphatic carboxylic acids is 4. The Morgan fingerprint density at radius 1 is 0.514 bits per heavy atom. The van der Waals surface area contributed by atoms with Gasteiger partial charge in [-0.15, -0.1) is 0 Å². The van der Waals surface area contributed by atoms with Crippen molar-refractivity contribution in [2.24, 2.45) is 0 Å². The molecule has 7 N–H and O–H groups in total. The third kappa shape index (κ3) is 78.7. The molecular weight excluding hydrogens is 568 g/mol. The fourth-order valence-corrected chi connectivity index (χ4v) is 2.14. The Hall–Kier alpha value is -0.840. The van der Waals surface area contributed by atoms with Crippen molar-refractivity contribution in [2.45, 2.75) is 76.7 Å². The SMILES string of the molecule is O=C(O)CCCS.O=C(O)CCCS.O=C(O)CCCS.O=C(O)CCCS.OCCCCC(O)CO. The van der Waals surface area contributed by atoms with Crippen LogP contribution in [0, 0.1) is 0 Å². The van der Waals surface area contributed by atoms with E-state index in [1.54, 1.807) is 0 Å². The summed E-state index contributed by atoms with van der Waals surface area (Å²) in [6.45, 7) is -0.0103. The van der Waals surface area contributed by atoms with Crippen LogP contribution in [-0.2, 0) is 19.2 Å². The summed E-state index contributed by atoms with van der Waals surface area (Å²) in [4.78, 5) is 38.9. The Kier molecular flexibility index (Phi) is 52.6. The van der Waals surface area contributed by atoms with Crippen LogP contribution in [0.1, 0.15) is 70.6 Å². The summed E-state index contributed by atoms with van der Waals surface area (Å²) in [5, 5.41) is 57.4. The molecule has 0 aromatic rings. The number of carboxylic acids is 4. The molecule has 0 saturated carbocycles. The number of aliphatic hydroxyl groups excluding tert-OH is 3. The molecule has 0 aromatic carbocycles. The van der Waals surface area contributed by atoms with Crippen LogP contribution in [-0.4, -0.2) is 102 Å². The zero-order valence-electron chi connectivity index (χ0n) is 21.2. The highest BCUT2D eigenvalue weighted by Crippen LogP contribution is 1.98. The summed E-state index contributed by atoms with van der Waals surface area (Å²) in [7, 11) is 0. The second kappa shape index (κ2) is 42.3. The van der Waals surface area contributed by atoms with Gasteiger partial charge in [0.1, 0.15) is 0 Å². The van der Waals surface area contributed by atoms with E-state index in [1.807, 2.05) is 0 Å². The van der Waals surface area contributed by atoms with Gasteiger partial charge in [0.05, 0.1) is 12.7 Å². The minimum atomic E-state index is -0.742. The normalized spacial score (nSPS) is 9.92. The van der Waals surface area contributed by atoms with Gasteiger partial charge in [0.25, 0.3) is 0 Å². The van der Waals surface area contributed by atoms with Gasteiger partial charge in [-0.1, -0.05) is 0 Å². The van der Waals surface area contributed by atoms with Gasteiger partial charge in [0, 0.05) is 32.3 Å². The van der Waals surface area contributed by atoms with Gasteiger partial charge in [-0.05, 0) is 68.0 Å². The predicted octanol–water partition coefficient (Wildman–Crippen LogP) is 2.63. The number of carbonyl (C=O) groups is 4. The van der Waals surface area contributed by atoms with Gasteiger partial charge in [-0.2, -0.15) is 50.5 Å². The topological polar surface area (TPSA) is 210 Å². The first-order chi connectivity index (χ1) is 17.4. The number of thiol groups is 4. The standard InChI is InChI=1S/C6H14O3.4C4H8O2S/c7-4-2-1-3-6(9)5-8;4*5-4(6)2-1-3-7/h6-9H,1-5H2;4*7H,1-3H2,(H,5,6). The molecule has 0 aliphatic heterocycles. The highest BCUT2D eigenvalue weighted by Gasteiger charge is 1.99. The molecule has 0 radical (unpaired) electrons. The third-order valence-electron chi connectivity index (χ3n) is 3.35. The smallest absolute Gasteiger partial charge is 0.303 e. The molecule has 224 valence electrons. The van der Waals surface area contributed by atoms with Crippen molar-refractivity contribution >= 4 is 74.4 Å². The monoisotopic (exact) mass is 614 g/mol. The van der Waals surface area contributed by atoms with E-state index in [0.717, 1.165) is 6.42 Å². The van der Waals surface area contributed by atoms with Crippen LogP contribution in [0.25, 0.3) is 0 Å². The minimum Gasteiger partial charge on any atom is -0.481 e. The molecule has 0 aromatic heterocycles. The Labute approximate surface area is 241 Å². The summed E-state index contributed by atoms with van der Waals surface area (Å²) in [6.07, 6.45) is 5.08. The number of hydrogen-bond acceptors (Lipinski definition) is 11. The van der Waals surface area contributed by atoms with Crippen molar-refractivity contribution in [2.75, 3.05) is 36.2 Å². The number of hydrogen-bond donors (Lipinski definition) is 11. The highest BCUT2D eigenvalue weighted by molar-refractivity contribution is 7.80. The van der Waals surface area contributed by atoms with Crippen molar-refractivity contribution in [3.05, 3.63) is 0 Å². The van der Waals surface area contributed by atoms with Crippen LogP contribution in [0.2, 0.25) is 0 Å². The lowest BCUT2D eigenvalue weighted by molar-refractivity contribution is -0.138. The van der Waals surface area contributed by atoms with Crippen molar-refractivity contribution in [1.29, 1.82) is 0 Å². The van der Waals surface area contributed by atoms with E-state index in [1.165, 1.54) is 0 Å². The molecule has 0 heterocycles. The zero-order chi connectivity index (χ0) is 29.9. The number of rotatable bonds is 17. The molecular formula is C22H46O11S4. The van der Waals surface area contributed by atoms with E-state index in [9.17, 15) is 19.2 Å². The van der Waals surface area contributed by atoms with Crippen molar-refractivity contribution in [3.8, 4) is 0 Å². The molecule has 0 aliphatic carbocycles. The van der Waals surface area contributed by atoms with Crippen LogP contribution in [0.15, 0.2) is 0 Å². The van der Waals surface area contributed by atoms with Gasteiger partial charge in [0.15, 0.2) is 0 Å². The van der Waals surface area contributed by atoms with E-state index in [0.29, 0.717) is 61.5 Å². The Bertz CT molecular complexity index is 441. The van der Waals surface area contributed by atoms with Crippen molar-refractivity contribution in [3.63, 3.8) is 0 Å². The van der Waals surface area contributed by atoms with Gasteiger partial charge >= 0.3 is 23.9 Å². The van der Waals surface area contributed by atoms with E-state index < -0.39 is 30.0 Å². The molecule has 0 rings (SSSR count). The lowest BCUT2D eigenvalue weighted by atomic mass is 10.2. The molecule has 0 amide bonds. The second-order valence-corrected chi connectivity index (χ2v) is 8.73. The molecule has 0 spiro atoms. The molecule has 0 fully saturated rings. The molecule has 1 atom stereocenters. The summed E-state index contributed by atoms with van der Waals surface area (Å²) >= 11 is 15.3. The summed E-state index contributed by atoms with van der Waals surface area (Å²) in [5.74, 6) is -0.330. The molecule has 15 heteroatoms. The fourth-order valence-electron chi connectivity index (χ4n) is 1.50. The highest BCUT2D eigenvalue weighted by atomic mass is 32.1. The third-order valence-corrected chi connectivity index (χ3v) is 4.62. The Balaban J connectivity index is -0.000000116. The fraction of sp³-hybridized carbons (Fsp3) is 0.818. The van der Waals surface area contributed by atoms with Crippen molar-refractivity contribution < 1.29 is 54.9 Å².